The molecule has 1 amide bonds. The summed E-state index contributed by atoms with van der Waals surface area (Å²) < 4.78 is 0. The second kappa shape index (κ2) is 4.63. The van der Waals surface area contributed by atoms with Crippen molar-refractivity contribution < 1.29 is 14.7 Å². The van der Waals surface area contributed by atoms with Crippen LogP contribution >= 0.6 is 11.3 Å². The van der Waals surface area contributed by atoms with Gasteiger partial charge in [-0.25, -0.2) is 4.79 Å². The predicted octanol–water partition coefficient (Wildman–Crippen LogP) is 0.424. The minimum Gasteiger partial charge on any atom is -0.477 e. The number of carboxylic acid groups (broad SMARTS) is 1. The Morgan fingerprint density at radius 3 is 3.12 bits per heavy atom. The highest BCUT2D eigenvalue weighted by molar-refractivity contribution is 7.12. The fraction of sp³-hybridized carbons (Fsp3) is 0.400. The van der Waals surface area contributed by atoms with Gasteiger partial charge in [0.2, 0.25) is 5.91 Å². The average molecular weight is 240 g/mol. The summed E-state index contributed by atoms with van der Waals surface area (Å²) in [6.07, 6.45) is 0.465. The molecule has 0 radical (unpaired) electrons. The highest BCUT2D eigenvalue weighted by atomic mass is 32.1. The van der Waals surface area contributed by atoms with Crippen LogP contribution in [-0.2, 0) is 11.3 Å². The number of rotatable bonds is 4. The van der Waals surface area contributed by atoms with Crippen LogP contribution in [0.3, 0.4) is 0 Å². The van der Waals surface area contributed by atoms with E-state index in [2.05, 4.69) is 10.6 Å². The van der Waals surface area contributed by atoms with E-state index in [0.29, 0.717) is 24.4 Å². The normalized spacial score (nSPS) is 19.8. The molecular weight excluding hydrogens is 228 g/mol. The van der Waals surface area contributed by atoms with Crippen LogP contribution in [0.15, 0.2) is 11.4 Å². The molecule has 1 aliphatic rings. The zero-order chi connectivity index (χ0) is 11.5. The number of carbonyl (C=O) groups excluding carboxylic acids is 1. The van der Waals surface area contributed by atoms with Crippen molar-refractivity contribution in [2.45, 2.75) is 19.0 Å². The second-order valence-electron chi connectivity index (χ2n) is 3.67. The first-order valence-corrected chi connectivity index (χ1v) is 5.84. The van der Waals surface area contributed by atoms with Crippen molar-refractivity contribution in [2.75, 3.05) is 6.54 Å². The lowest BCUT2D eigenvalue weighted by atomic mass is 10.2. The summed E-state index contributed by atoms with van der Waals surface area (Å²) in [6.45, 7) is 1.11. The molecule has 16 heavy (non-hydrogen) atoms. The number of thiophene rings is 1. The van der Waals surface area contributed by atoms with E-state index in [1.165, 1.54) is 11.3 Å². The van der Waals surface area contributed by atoms with Crippen molar-refractivity contribution >= 4 is 23.2 Å². The third-order valence-corrected chi connectivity index (χ3v) is 3.44. The van der Waals surface area contributed by atoms with Crippen LogP contribution in [0.25, 0.3) is 0 Å². The lowest BCUT2D eigenvalue weighted by Crippen LogP contribution is -2.30. The zero-order valence-electron chi connectivity index (χ0n) is 8.53. The summed E-state index contributed by atoms with van der Waals surface area (Å²) in [5, 5.41) is 16.6. The molecule has 2 rings (SSSR count). The summed E-state index contributed by atoms with van der Waals surface area (Å²) in [7, 11) is 0. The summed E-state index contributed by atoms with van der Waals surface area (Å²) >= 11 is 1.22. The Labute approximate surface area is 96.5 Å². The second-order valence-corrected chi connectivity index (χ2v) is 4.58. The molecule has 1 saturated heterocycles. The maximum atomic E-state index is 10.9. The molecule has 1 unspecified atom stereocenters. The first kappa shape index (κ1) is 11.1. The Morgan fingerprint density at radius 1 is 1.69 bits per heavy atom. The Balaban J connectivity index is 1.92. The molecule has 0 spiro atoms. The highest BCUT2D eigenvalue weighted by Crippen LogP contribution is 2.16. The van der Waals surface area contributed by atoms with E-state index < -0.39 is 5.97 Å². The van der Waals surface area contributed by atoms with Crippen LogP contribution in [0.5, 0.6) is 0 Å². The predicted molar refractivity (Wildman–Crippen MR) is 59.5 cm³/mol. The average Bonchev–Trinajstić information content (AvgIpc) is 2.83. The van der Waals surface area contributed by atoms with E-state index in [1.54, 1.807) is 11.4 Å². The molecule has 1 atom stereocenters. The molecule has 6 heteroatoms. The topological polar surface area (TPSA) is 78.4 Å². The molecule has 1 aliphatic heterocycles. The van der Waals surface area contributed by atoms with Gasteiger partial charge in [0.05, 0.1) is 0 Å². The molecular formula is C10H12N2O3S. The smallest absolute Gasteiger partial charge is 0.346 e. The molecule has 2 heterocycles. The molecule has 0 aromatic carbocycles. The van der Waals surface area contributed by atoms with Gasteiger partial charge in [0.15, 0.2) is 0 Å². The first-order chi connectivity index (χ1) is 7.66. The van der Waals surface area contributed by atoms with E-state index in [0.717, 1.165) is 5.56 Å². The summed E-state index contributed by atoms with van der Waals surface area (Å²) in [5.41, 5.74) is 0.775. The Morgan fingerprint density at radius 2 is 2.50 bits per heavy atom. The largest absolute Gasteiger partial charge is 0.477 e. The van der Waals surface area contributed by atoms with Crippen LogP contribution in [0.1, 0.15) is 21.7 Å². The fourth-order valence-corrected chi connectivity index (χ4v) is 2.43. The lowest BCUT2D eigenvalue weighted by molar-refractivity contribution is -0.119. The Kier molecular flexibility index (Phi) is 3.21. The molecule has 0 saturated carbocycles. The zero-order valence-corrected chi connectivity index (χ0v) is 9.34. The van der Waals surface area contributed by atoms with E-state index >= 15 is 0 Å². The van der Waals surface area contributed by atoms with Crippen LogP contribution in [-0.4, -0.2) is 29.6 Å². The lowest BCUT2D eigenvalue weighted by Gasteiger charge is -2.09. The van der Waals surface area contributed by atoms with Gasteiger partial charge >= 0.3 is 5.97 Å². The van der Waals surface area contributed by atoms with Crippen molar-refractivity contribution in [1.82, 2.24) is 10.6 Å². The van der Waals surface area contributed by atoms with Crippen LogP contribution in [0, 0.1) is 0 Å². The third kappa shape index (κ3) is 2.40. The number of carbonyl (C=O) groups is 2. The van der Waals surface area contributed by atoms with Crippen molar-refractivity contribution in [3.63, 3.8) is 0 Å². The minimum atomic E-state index is -0.896. The molecule has 1 aromatic rings. The maximum Gasteiger partial charge on any atom is 0.346 e. The minimum absolute atomic E-state index is 0.0428. The number of hydrogen-bond acceptors (Lipinski definition) is 4. The van der Waals surface area contributed by atoms with Gasteiger partial charge in [-0.2, -0.15) is 0 Å². The van der Waals surface area contributed by atoms with Gasteiger partial charge < -0.3 is 15.7 Å². The van der Waals surface area contributed by atoms with Crippen molar-refractivity contribution in [3.8, 4) is 0 Å². The van der Waals surface area contributed by atoms with Gasteiger partial charge in [-0.3, -0.25) is 4.79 Å². The van der Waals surface area contributed by atoms with E-state index in [-0.39, 0.29) is 11.9 Å². The van der Waals surface area contributed by atoms with Crippen molar-refractivity contribution in [2.24, 2.45) is 0 Å². The van der Waals surface area contributed by atoms with E-state index in [1.807, 2.05) is 0 Å². The van der Waals surface area contributed by atoms with E-state index in [9.17, 15) is 9.59 Å². The number of nitrogens with one attached hydrogen (secondary N) is 2. The fourth-order valence-electron chi connectivity index (χ4n) is 1.67. The number of amides is 1. The van der Waals surface area contributed by atoms with Crippen LogP contribution in [0.2, 0.25) is 0 Å². The Bertz CT molecular complexity index is 416. The first-order valence-electron chi connectivity index (χ1n) is 4.96. The molecule has 0 aliphatic carbocycles. The summed E-state index contributed by atoms with van der Waals surface area (Å²) in [6, 6.07) is 1.90. The number of hydrogen-bond donors (Lipinski definition) is 3. The molecule has 1 aromatic heterocycles. The van der Waals surface area contributed by atoms with Gasteiger partial charge in [0.25, 0.3) is 0 Å². The SMILES string of the molecule is O=C1CC(NCc2ccsc2C(=O)O)CN1. The van der Waals surface area contributed by atoms with Gasteiger partial charge in [-0.1, -0.05) is 0 Å². The monoisotopic (exact) mass is 240 g/mol. The van der Waals surface area contributed by atoms with Crippen LogP contribution < -0.4 is 10.6 Å². The van der Waals surface area contributed by atoms with Crippen molar-refractivity contribution in [3.05, 3.63) is 21.9 Å². The summed E-state index contributed by atoms with van der Waals surface area (Å²) in [5.74, 6) is -0.853. The van der Waals surface area contributed by atoms with Gasteiger partial charge in [-0.15, -0.1) is 11.3 Å². The third-order valence-electron chi connectivity index (χ3n) is 2.50. The quantitative estimate of drug-likeness (QED) is 0.713. The molecule has 1 fully saturated rings. The van der Waals surface area contributed by atoms with Gasteiger partial charge in [0.1, 0.15) is 4.88 Å². The molecule has 5 nitrogen and oxygen atoms in total. The van der Waals surface area contributed by atoms with Crippen LogP contribution in [0.4, 0.5) is 0 Å². The molecule has 0 bridgehead atoms. The Hall–Kier alpha value is -1.40. The summed E-state index contributed by atoms with van der Waals surface area (Å²) in [4.78, 5) is 22.2. The highest BCUT2D eigenvalue weighted by Gasteiger charge is 2.21. The molecule has 3 N–H and O–H groups in total. The maximum absolute atomic E-state index is 10.9. The van der Waals surface area contributed by atoms with Crippen molar-refractivity contribution in [1.29, 1.82) is 0 Å². The standard InChI is InChI=1S/C10H12N2O3S/c13-8-3-7(5-12-8)11-4-6-1-2-16-9(6)10(14)15/h1-2,7,11H,3-5H2,(H,12,13)(H,14,15). The number of carboxylic acids is 1. The van der Waals surface area contributed by atoms with Gasteiger partial charge in [0, 0.05) is 25.6 Å². The number of aromatic carboxylic acids is 1. The van der Waals surface area contributed by atoms with Gasteiger partial charge in [-0.05, 0) is 17.0 Å². The van der Waals surface area contributed by atoms with E-state index in [4.69, 9.17) is 5.11 Å². The molecule has 86 valence electrons.